The highest BCUT2D eigenvalue weighted by molar-refractivity contribution is 7.90. The number of nitrogens with two attached hydrogens (primary N) is 1. The number of nitrogens with zero attached hydrogens (tertiary/aromatic N) is 3. The molecule has 0 saturated carbocycles. The van der Waals surface area contributed by atoms with Crippen molar-refractivity contribution in [2.24, 2.45) is 16.0 Å². The van der Waals surface area contributed by atoms with Crippen molar-refractivity contribution >= 4 is 27.7 Å². The molecule has 2 fully saturated rings. The maximum absolute atomic E-state index is 12.8. The summed E-state index contributed by atoms with van der Waals surface area (Å²) in [7, 11) is -3.71. The van der Waals surface area contributed by atoms with E-state index in [0.717, 1.165) is 38.8 Å². The zero-order valence-corrected chi connectivity index (χ0v) is 18.3. The molecule has 2 amide bonds. The van der Waals surface area contributed by atoms with E-state index in [-0.39, 0.29) is 22.6 Å². The largest absolute Gasteiger partial charge is 0.369 e. The smallest absolute Gasteiger partial charge is 0.285 e. The molecule has 1 unspecified atom stereocenters. The molecular formula is C21H29N5O4S. The number of nitrogens with one attached hydrogen (secondary N) is 1. The summed E-state index contributed by atoms with van der Waals surface area (Å²) < 4.78 is 28.7. The predicted octanol–water partition coefficient (Wildman–Crippen LogP) is 0.304. The predicted molar refractivity (Wildman–Crippen MR) is 116 cm³/mol. The van der Waals surface area contributed by atoms with Gasteiger partial charge in [-0.2, -0.15) is 8.42 Å². The third-order valence-corrected chi connectivity index (χ3v) is 7.62. The van der Waals surface area contributed by atoms with Gasteiger partial charge in [0, 0.05) is 25.2 Å². The minimum absolute atomic E-state index is 0.0817. The number of sulfonamides is 1. The van der Waals surface area contributed by atoms with E-state index < -0.39 is 16.1 Å². The third kappa shape index (κ3) is 4.59. The summed E-state index contributed by atoms with van der Waals surface area (Å²) in [5, 5.41) is 2.99. The molecule has 1 aromatic rings. The van der Waals surface area contributed by atoms with Gasteiger partial charge < -0.3 is 20.9 Å². The quantitative estimate of drug-likeness (QED) is 0.605. The lowest BCUT2D eigenvalue weighted by molar-refractivity contribution is -0.124. The second kappa shape index (κ2) is 8.96. The van der Waals surface area contributed by atoms with Crippen molar-refractivity contribution in [3.05, 3.63) is 29.8 Å². The molecule has 10 heteroatoms. The number of rotatable bonds is 6. The van der Waals surface area contributed by atoms with Crippen LogP contribution >= 0.6 is 0 Å². The number of piperidine rings is 1. The summed E-state index contributed by atoms with van der Waals surface area (Å²) >= 11 is 0. The second-order valence-corrected chi connectivity index (χ2v) is 10.00. The Labute approximate surface area is 182 Å². The standard InChI is InChI=1S/C21H29N5O4S/c22-19(27)15-6-3-11-25(14-15)12-5-10-23-21(28)17-8-4-13-26(17)20-16-7-1-2-9-18(16)31(29,30)24-20/h1-2,7,9,15,17H,3-6,8,10-14H2,(H2,22,27)(H,23,28)/t15?,17-/m0/s1. The van der Waals surface area contributed by atoms with Crippen LogP contribution in [0.3, 0.4) is 0 Å². The van der Waals surface area contributed by atoms with Gasteiger partial charge in [0.05, 0.1) is 5.92 Å². The number of benzene rings is 1. The molecule has 0 aliphatic carbocycles. The van der Waals surface area contributed by atoms with Crippen molar-refractivity contribution in [3.8, 4) is 0 Å². The molecule has 168 valence electrons. The summed E-state index contributed by atoms with van der Waals surface area (Å²) in [6.45, 7) is 3.57. The number of hydrogen-bond acceptors (Lipinski definition) is 6. The van der Waals surface area contributed by atoms with Crippen LogP contribution in [0.5, 0.6) is 0 Å². The number of likely N-dealkylation sites (tertiary alicyclic amines) is 2. The van der Waals surface area contributed by atoms with Crippen LogP contribution in [0.2, 0.25) is 0 Å². The molecule has 3 heterocycles. The van der Waals surface area contributed by atoms with Crippen LogP contribution in [0.1, 0.15) is 37.7 Å². The monoisotopic (exact) mass is 447 g/mol. The van der Waals surface area contributed by atoms with E-state index in [4.69, 9.17) is 5.73 Å². The maximum Gasteiger partial charge on any atom is 0.285 e. The lowest BCUT2D eigenvalue weighted by Crippen LogP contribution is -2.46. The van der Waals surface area contributed by atoms with Gasteiger partial charge in [-0.1, -0.05) is 12.1 Å². The fraction of sp³-hybridized carbons (Fsp3) is 0.571. The van der Waals surface area contributed by atoms with Gasteiger partial charge in [0.1, 0.15) is 10.9 Å². The fourth-order valence-corrected chi connectivity index (χ4v) is 5.93. The molecule has 0 bridgehead atoms. The topological polar surface area (TPSA) is 125 Å². The van der Waals surface area contributed by atoms with Gasteiger partial charge in [0.15, 0.2) is 5.84 Å². The van der Waals surface area contributed by atoms with Crippen molar-refractivity contribution in [1.29, 1.82) is 0 Å². The Hall–Kier alpha value is -2.46. The molecule has 3 N–H and O–H groups in total. The molecule has 2 saturated heterocycles. The second-order valence-electron chi connectivity index (χ2n) is 8.42. The van der Waals surface area contributed by atoms with Crippen molar-refractivity contribution in [2.75, 3.05) is 32.7 Å². The molecule has 31 heavy (non-hydrogen) atoms. The van der Waals surface area contributed by atoms with Crippen molar-refractivity contribution in [2.45, 2.75) is 43.0 Å². The third-order valence-electron chi connectivity index (χ3n) is 6.30. The maximum atomic E-state index is 12.8. The molecule has 0 radical (unpaired) electrons. The lowest BCUT2D eigenvalue weighted by atomic mass is 9.97. The first-order valence-corrected chi connectivity index (χ1v) is 12.3. The van der Waals surface area contributed by atoms with Crippen LogP contribution in [-0.2, 0) is 19.6 Å². The normalized spacial score (nSPS) is 25.2. The van der Waals surface area contributed by atoms with E-state index in [1.165, 1.54) is 0 Å². The van der Waals surface area contributed by atoms with Gasteiger partial charge in [-0.25, -0.2) is 0 Å². The highest BCUT2D eigenvalue weighted by Crippen LogP contribution is 2.31. The lowest BCUT2D eigenvalue weighted by Gasteiger charge is -2.31. The van der Waals surface area contributed by atoms with Crippen LogP contribution in [0, 0.1) is 5.92 Å². The highest BCUT2D eigenvalue weighted by atomic mass is 32.2. The number of primary amides is 1. The number of carbonyl (C=O) groups excluding carboxylic acids is 2. The minimum Gasteiger partial charge on any atom is -0.369 e. The van der Waals surface area contributed by atoms with Gasteiger partial charge in [-0.05, 0) is 57.3 Å². The summed E-state index contributed by atoms with van der Waals surface area (Å²) in [5.74, 6) is -0.0471. The van der Waals surface area contributed by atoms with Gasteiger partial charge in [0.25, 0.3) is 10.0 Å². The Morgan fingerprint density at radius 2 is 1.94 bits per heavy atom. The Morgan fingerprint density at radius 1 is 1.16 bits per heavy atom. The fourth-order valence-electron chi connectivity index (χ4n) is 4.71. The van der Waals surface area contributed by atoms with Crippen LogP contribution in [0.15, 0.2) is 33.6 Å². The van der Waals surface area contributed by atoms with E-state index in [2.05, 4.69) is 14.6 Å². The summed E-state index contributed by atoms with van der Waals surface area (Å²) in [6.07, 6.45) is 4.06. The van der Waals surface area contributed by atoms with E-state index in [1.54, 1.807) is 24.3 Å². The van der Waals surface area contributed by atoms with Crippen molar-refractivity contribution in [3.63, 3.8) is 0 Å². The van der Waals surface area contributed by atoms with Crippen LogP contribution < -0.4 is 11.1 Å². The van der Waals surface area contributed by atoms with Gasteiger partial charge in [-0.3, -0.25) is 9.59 Å². The number of amides is 2. The average Bonchev–Trinajstić information content (AvgIpc) is 3.34. The summed E-state index contributed by atoms with van der Waals surface area (Å²) in [5.41, 5.74) is 6.00. The number of carbonyl (C=O) groups is 2. The molecule has 4 rings (SSSR count). The zero-order chi connectivity index (χ0) is 22.0. The molecular weight excluding hydrogens is 418 g/mol. The Balaban J connectivity index is 1.32. The number of fused-ring (bicyclic) bond motifs is 1. The van der Waals surface area contributed by atoms with Crippen LogP contribution in [0.25, 0.3) is 0 Å². The Morgan fingerprint density at radius 3 is 2.74 bits per heavy atom. The van der Waals surface area contributed by atoms with Gasteiger partial charge in [-0.15, -0.1) is 4.40 Å². The summed E-state index contributed by atoms with van der Waals surface area (Å²) in [4.78, 5) is 28.5. The average molecular weight is 448 g/mol. The molecule has 2 atom stereocenters. The SMILES string of the molecule is NC(=O)C1CCCN(CCCNC(=O)[C@@H]2CCCN2C2=NS(=O)(=O)c3ccccc32)C1. The van der Waals surface area contributed by atoms with Crippen molar-refractivity contribution < 1.29 is 18.0 Å². The van der Waals surface area contributed by atoms with E-state index in [9.17, 15) is 18.0 Å². The van der Waals surface area contributed by atoms with Gasteiger partial charge >= 0.3 is 0 Å². The number of amidine groups is 1. The highest BCUT2D eigenvalue weighted by Gasteiger charge is 2.39. The first-order valence-electron chi connectivity index (χ1n) is 10.9. The molecule has 0 spiro atoms. The number of hydrogen-bond donors (Lipinski definition) is 2. The van der Waals surface area contributed by atoms with Crippen LogP contribution in [-0.4, -0.2) is 74.6 Å². The molecule has 3 aliphatic heterocycles. The molecule has 1 aromatic carbocycles. The van der Waals surface area contributed by atoms with E-state index in [1.807, 2.05) is 4.90 Å². The molecule has 9 nitrogen and oxygen atoms in total. The van der Waals surface area contributed by atoms with Crippen molar-refractivity contribution in [1.82, 2.24) is 15.1 Å². The molecule has 3 aliphatic rings. The Bertz CT molecular complexity index is 993. The van der Waals surface area contributed by atoms with Gasteiger partial charge in [0.2, 0.25) is 11.8 Å². The Kier molecular flexibility index (Phi) is 6.29. The van der Waals surface area contributed by atoms with E-state index >= 15 is 0 Å². The first-order chi connectivity index (χ1) is 14.9. The minimum atomic E-state index is -3.71. The van der Waals surface area contributed by atoms with Crippen LogP contribution in [0.4, 0.5) is 0 Å². The zero-order valence-electron chi connectivity index (χ0n) is 17.5. The first kappa shape index (κ1) is 21.8. The molecule has 0 aromatic heterocycles. The summed E-state index contributed by atoms with van der Waals surface area (Å²) in [6, 6.07) is 6.33. The van der Waals surface area contributed by atoms with E-state index in [0.29, 0.717) is 37.5 Å².